The third kappa shape index (κ3) is 2.88. The van der Waals surface area contributed by atoms with Crippen molar-refractivity contribution in [3.8, 4) is 0 Å². The van der Waals surface area contributed by atoms with Gasteiger partial charge >= 0.3 is 5.97 Å². The SMILES string of the molecule is COC(=O)c1ccc(N(C)C2CCCCC2O)c(N)c1. The largest absolute Gasteiger partial charge is 0.465 e. The zero-order valence-electron chi connectivity index (χ0n) is 12.0. The Balaban J connectivity index is 2.21. The molecule has 0 aliphatic heterocycles. The van der Waals surface area contributed by atoms with Crippen LogP contribution in [-0.4, -0.2) is 37.4 Å². The van der Waals surface area contributed by atoms with Crippen LogP contribution in [0.4, 0.5) is 11.4 Å². The molecule has 2 rings (SSSR count). The average molecular weight is 278 g/mol. The normalized spacial score (nSPS) is 22.4. The highest BCUT2D eigenvalue weighted by Crippen LogP contribution is 2.30. The molecular formula is C15H22N2O3. The molecule has 5 nitrogen and oxygen atoms in total. The molecule has 20 heavy (non-hydrogen) atoms. The van der Waals surface area contributed by atoms with Gasteiger partial charge in [-0.3, -0.25) is 0 Å². The van der Waals surface area contributed by atoms with Crippen LogP contribution in [-0.2, 0) is 4.74 Å². The number of benzene rings is 1. The number of hydrogen-bond donors (Lipinski definition) is 2. The predicted octanol–water partition coefficient (Wildman–Crippen LogP) is 1.80. The molecule has 0 spiro atoms. The lowest BCUT2D eigenvalue weighted by Crippen LogP contribution is -2.43. The standard InChI is InChI=1S/C15H22N2O3/c1-17(13-5-3-4-6-14(13)18)12-8-7-10(9-11(12)16)15(19)20-2/h7-9,13-14,18H,3-6,16H2,1-2H3. The molecule has 5 heteroatoms. The fraction of sp³-hybridized carbons (Fsp3) is 0.533. The molecule has 0 aromatic heterocycles. The quantitative estimate of drug-likeness (QED) is 0.651. The van der Waals surface area contributed by atoms with Crippen LogP contribution in [0, 0.1) is 0 Å². The predicted molar refractivity (Wildman–Crippen MR) is 78.9 cm³/mol. The van der Waals surface area contributed by atoms with Crippen LogP contribution < -0.4 is 10.6 Å². The number of likely N-dealkylation sites (N-methyl/N-ethyl adjacent to an activating group) is 1. The lowest BCUT2D eigenvalue weighted by atomic mass is 9.91. The summed E-state index contributed by atoms with van der Waals surface area (Å²) in [6, 6.07) is 5.20. The Morgan fingerprint density at radius 1 is 1.40 bits per heavy atom. The summed E-state index contributed by atoms with van der Waals surface area (Å²) in [6.45, 7) is 0. The monoisotopic (exact) mass is 278 g/mol. The van der Waals surface area contributed by atoms with Crippen molar-refractivity contribution >= 4 is 17.3 Å². The van der Waals surface area contributed by atoms with Crippen LogP contribution in [0.1, 0.15) is 36.0 Å². The number of nitrogens with zero attached hydrogens (tertiary/aromatic N) is 1. The van der Waals surface area contributed by atoms with Crippen LogP contribution in [0.3, 0.4) is 0 Å². The van der Waals surface area contributed by atoms with E-state index >= 15 is 0 Å². The van der Waals surface area contributed by atoms with Crippen LogP contribution in [0.25, 0.3) is 0 Å². The van der Waals surface area contributed by atoms with Gasteiger partial charge in [0.1, 0.15) is 0 Å². The Labute approximate surface area is 119 Å². The van der Waals surface area contributed by atoms with Crippen molar-refractivity contribution in [2.24, 2.45) is 0 Å². The second-order valence-corrected chi connectivity index (χ2v) is 5.30. The number of rotatable bonds is 3. The van der Waals surface area contributed by atoms with Crippen molar-refractivity contribution < 1.29 is 14.6 Å². The summed E-state index contributed by atoms with van der Waals surface area (Å²) in [7, 11) is 3.28. The highest BCUT2D eigenvalue weighted by Gasteiger charge is 2.27. The maximum Gasteiger partial charge on any atom is 0.337 e. The van der Waals surface area contributed by atoms with Gasteiger partial charge in [-0.1, -0.05) is 12.8 Å². The molecule has 2 atom stereocenters. The van der Waals surface area contributed by atoms with Gasteiger partial charge in [-0.15, -0.1) is 0 Å². The van der Waals surface area contributed by atoms with Gasteiger partial charge in [-0.2, -0.15) is 0 Å². The van der Waals surface area contributed by atoms with E-state index in [0.717, 1.165) is 31.4 Å². The molecule has 1 aliphatic rings. The van der Waals surface area contributed by atoms with Crippen LogP contribution in [0.15, 0.2) is 18.2 Å². The zero-order valence-corrected chi connectivity index (χ0v) is 12.0. The number of aliphatic hydroxyl groups excluding tert-OH is 1. The summed E-state index contributed by atoms with van der Waals surface area (Å²) < 4.78 is 4.68. The summed E-state index contributed by atoms with van der Waals surface area (Å²) in [6.07, 6.45) is 3.65. The number of methoxy groups -OCH3 is 1. The van der Waals surface area contributed by atoms with E-state index in [9.17, 15) is 9.90 Å². The van der Waals surface area contributed by atoms with Gasteiger partial charge < -0.3 is 20.5 Å². The number of aliphatic hydroxyl groups is 1. The van der Waals surface area contributed by atoms with E-state index in [-0.39, 0.29) is 12.1 Å². The number of hydrogen-bond acceptors (Lipinski definition) is 5. The summed E-state index contributed by atoms with van der Waals surface area (Å²) >= 11 is 0. The average Bonchev–Trinajstić information content (AvgIpc) is 2.46. The third-order valence-electron chi connectivity index (χ3n) is 4.02. The molecule has 0 saturated heterocycles. The molecule has 1 aromatic carbocycles. The first-order valence-electron chi connectivity index (χ1n) is 6.93. The van der Waals surface area contributed by atoms with Gasteiger partial charge in [0.2, 0.25) is 0 Å². The number of nitrogens with two attached hydrogens (primary N) is 1. The van der Waals surface area contributed by atoms with E-state index in [1.807, 2.05) is 18.0 Å². The van der Waals surface area contributed by atoms with Crippen molar-refractivity contribution in [3.05, 3.63) is 23.8 Å². The van der Waals surface area contributed by atoms with Crippen molar-refractivity contribution in [3.63, 3.8) is 0 Å². The van der Waals surface area contributed by atoms with E-state index in [0.29, 0.717) is 11.3 Å². The molecule has 1 fully saturated rings. The van der Waals surface area contributed by atoms with E-state index in [1.54, 1.807) is 12.1 Å². The Morgan fingerprint density at radius 2 is 2.10 bits per heavy atom. The summed E-state index contributed by atoms with van der Waals surface area (Å²) in [4.78, 5) is 13.5. The highest BCUT2D eigenvalue weighted by molar-refractivity contribution is 5.92. The first-order chi connectivity index (χ1) is 9.54. The molecule has 3 N–H and O–H groups in total. The molecule has 0 bridgehead atoms. The zero-order chi connectivity index (χ0) is 14.7. The Morgan fingerprint density at radius 3 is 2.70 bits per heavy atom. The van der Waals surface area contributed by atoms with Crippen molar-refractivity contribution in [2.75, 3.05) is 24.8 Å². The first-order valence-corrected chi connectivity index (χ1v) is 6.93. The second kappa shape index (κ2) is 6.13. The number of carbonyl (C=O) groups is 1. The maximum absolute atomic E-state index is 11.5. The fourth-order valence-electron chi connectivity index (χ4n) is 2.84. The van der Waals surface area contributed by atoms with E-state index in [1.165, 1.54) is 7.11 Å². The smallest absolute Gasteiger partial charge is 0.337 e. The third-order valence-corrected chi connectivity index (χ3v) is 4.02. The van der Waals surface area contributed by atoms with Gasteiger partial charge in [0.15, 0.2) is 0 Å². The van der Waals surface area contributed by atoms with Crippen molar-refractivity contribution in [1.29, 1.82) is 0 Å². The Hall–Kier alpha value is -1.75. The second-order valence-electron chi connectivity index (χ2n) is 5.30. The van der Waals surface area contributed by atoms with Gasteiger partial charge in [-0.25, -0.2) is 4.79 Å². The van der Waals surface area contributed by atoms with Gasteiger partial charge in [0, 0.05) is 7.05 Å². The van der Waals surface area contributed by atoms with Crippen LogP contribution in [0.2, 0.25) is 0 Å². The number of ether oxygens (including phenoxy) is 1. The first kappa shape index (κ1) is 14.7. The molecular weight excluding hydrogens is 256 g/mol. The minimum absolute atomic E-state index is 0.0787. The number of carbonyl (C=O) groups excluding carboxylic acids is 1. The van der Waals surface area contributed by atoms with E-state index in [2.05, 4.69) is 4.74 Å². The minimum atomic E-state index is -0.399. The van der Waals surface area contributed by atoms with Gasteiger partial charge in [0.05, 0.1) is 36.2 Å². The molecule has 1 saturated carbocycles. The topological polar surface area (TPSA) is 75.8 Å². The Kier molecular flexibility index (Phi) is 4.49. The molecule has 110 valence electrons. The van der Waals surface area contributed by atoms with E-state index < -0.39 is 5.97 Å². The molecule has 0 radical (unpaired) electrons. The molecule has 1 aliphatic carbocycles. The highest BCUT2D eigenvalue weighted by atomic mass is 16.5. The van der Waals surface area contributed by atoms with Crippen molar-refractivity contribution in [2.45, 2.75) is 37.8 Å². The van der Waals surface area contributed by atoms with Gasteiger partial charge in [-0.05, 0) is 31.0 Å². The van der Waals surface area contributed by atoms with Crippen LogP contribution in [0.5, 0.6) is 0 Å². The van der Waals surface area contributed by atoms with Gasteiger partial charge in [0.25, 0.3) is 0 Å². The molecule has 2 unspecified atom stereocenters. The fourth-order valence-corrected chi connectivity index (χ4v) is 2.84. The molecule has 0 heterocycles. The lowest BCUT2D eigenvalue weighted by molar-refractivity contribution is 0.0600. The minimum Gasteiger partial charge on any atom is -0.465 e. The number of nitrogen functional groups attached to an aromatic ring is 1. The van der Waals surface area contributed by atoms with Crippen molar-refractivity contribution in [1.82, 2.24) is 0 Å². The summed E-state index contributed by atoms with van der Waals surface area (Å²) in [5.74, 6) is -0.399. The number of anilines is 2. The maximum atomic E-state index is 11.5. The van der Waals surface area contributed by atoms with E-state index in [4.69, 9.17) is 5.73 Å². The Bertz CT molecular complexity index is 490. The summed E-state index contributed by atoms with van der Waals surface area (Å²) in [5, 5.41) is 10.1. The lowest BCUT2D eigenvalue weighted by Gasteiger charge is -2.37. The molecule has 0 amide bonds. The number of esters is 1. The summed E-state index contributed by atoms with van der Waals surface area (Å²) in [5.41, 5.74) is 7.83. The van der Waals surface area contributed by atoms with Crippen LogP contribution >= 0.6 is 0 Å². The molecule has 1 aromatic rings.